The summed E-state index contributed by atoms with van der Waals surface area (Å²) in [4.78, 5) is 0. The number of aliphatic hydroxyl groups excluding tert-OH is 1. The van der Waals surface area contributed by atoms with Crippen LogP contribution in [0.5, 0.6) is 5.75 Å². The molecular weight excluding hydrogens is 178 g/mol. The number of nitrogens with two attached hydrogens (primary N) is 1. The SMILES string of the molecule is CC(C)CC(O)c1ccc(O)cc1N. The van der Waals surface area contributed by atoms with Gasteiger partial charge in [0.2, 0.25) is 0 Å². The summed E-state index contributed by atoms with van der Waals surface area (Å²) in [5.41, 5.74) is 6.81. The van der Waals surface area contributed by atoms with Crippen molar-refractivity contribution in [3.63, 3.8) is 0 Å². The van der Waals surface area contributed by atoms with Crippen LogP contribution in [0, 0.1) is 5.92 Å². The second kappa shape index (κ2) is 4.33. The lowest BCUT2D eigenvalue weighted by molar-refractivity contribution is 0.151. The van der Waals surface area contributed by atoms with Gasteiger partial charge in [0.25, 0.3) is 0 Å². The van der Waals surface area contributed by atoms with E-state index in [1.54, 1.807) is 6.07 Å². The van der Waals surface area contributed by atoms with E-state index in [9.17, 15) is 5.11 Å². The zero-order valence-electron chi connectivity index (χ0n) is 8.57. The number of aromatic hydroxyl groups is 1. The van der Waals surface area contributed by atoms with Crippen molar-refractivity contribution in [1.29, 1.82) is 0 Å². The second-order valence-corrected chi connectivity index (χ2v) is 3.96. The van der Waals surface area contributed by atoms with Gasteiger partial charge in [0.05, 0.1) is 6.10 Å². The largest absolute Gasteiger partial charge is 0.508 e. The standard InChI is InChI=1S/C11H17NO2/c1-7(2)5-11(14)9-4-3-8(13)6-10(9)12/h3-4,6-7,11,13-14H,5,12H2,1-2H3. The molecule has 0 bridgehead atoms. The Morgan fingerprint density at radius 1 is 1.36 bits per heavy atom. The number of hydrogen-bond donors (Lipinski definition) is 3. The molecule has 0 radical (unpaired) electrons. The number of rotatable bonds is 3. The van der Waals surface area contributed by atoms with Gasteiger partial charge in [0, 0.05) is 17.3 Å². The molecule has 1 atom stereocenters. The van der Waals surface area contributed by atoms with E-state index in [2.05, 4.69) is 0 Å². The van der Waals surface area contributed by atoms with Crippen molar-refractivity contribution in [3.8, 4) is 5.75 Å². The number of nitrogen functional groups attached to an aromatic ring is 1. The first-order chi connectivity index (χ1) is 6.50. The fourth-order valence-electron chi connectivity index (χ4n) is 1.44. The molecule has 0 amide bonds. The Labute approximate surface area is 84.2 Å². The molecule has 0 heterocycles. The summed E-state index contributed by atoms with van der Waals surface area (Å²) in [6, 6.07) is 4.66. The van der Waals surface area contributed by atoms with Crippen LogP contribution in [-0.2, 0) is 0 Å². The first-order valence-electron chi connectivity index (χ1n) is 4.77. The number of benzene rings is 1. The molecule has 1 rings (SSSR count). The zero-order chi connectivity index (χ0) is 10.7. The van der Waals surface area contributed by atoms with E-state index in [4.69, 9.17) is 10.8 Å². The Bertz CT molecular complexity index is 310. The average Bonchev–Trinajstić information content (AvgIpc) is 2.01. The van der Waals surface area contributed by atoms with Gasteiger partial charge < -0.3 is 15.9 Å². The number of phenols is 1. The highest BCUT2D eigenvalue weighted by molar-refractivity contribution is 5.51. The topological polar surface area (TPSA) is 66.5 Å². The predicted octanol–water partition coefficient (Wildman–Crippen LogP) is 2.05. The smallest absolute Gasteiger partial charge is 0.117 e. The van der Waals surface area contributed by atoms with Gasteiger partial charge in [0.15, 0.2) is 0 Å². The van der Waals surface area contributed by atoms with E-state index < -0.39 is 6.10 Å². The number of phenolic OH excluding ortho intramolecular Hbond substituents is 1. The lowest BCUT2D eigenvalue weighted by Crippen LogP contribution is -2.04. The van der Waals surface area contributed by atoms with Crippen LogP contribution in [0.25, 0.3) is 0 Å². The summed E-state index contributed by atoms with van der Waals surface area (Å²) in [5, 5.41) is 18.9. The quantitative estimate of drug-likeness (QED) is 0.647. The van der Waals surface area contributed by atoms with Gasteiger partial charge in [-0.3, -0.25) is 0 Å². The number of aliphatic hydroxyl groups is 1. The maximum absolute atomic E-state index is 9.80. The van der Waals surface area contributed by atoms with E-state index in [1.165, 1.54) is 12.1 Å². The fraction of sp³-hybridized carbons (Fsp3) is 0.455. The molecule has 1 aromatic rings. The lowest BCUT2D eigenvalue weighted by Gasteiger charge is -2.15. The van der Waals surface area contributed by atoms with E-state index in [0.717, 1.165) is 0 Å². The molecule has 0 aliphatic heterocycles. The summed E-state index contributed by atoms with van der Waals surface area (Å²) in [5.74, 6) is 0.543. The van der Waals surface area contributed by atoms with Crippen LogP contribution in [0.4, 0.5) is 5.69 Å². The predicted molar refractivity (Wildman–Crippen MR) is 56.9 cm³/mol. The molecule has 0 aliphatic rings. The molecule has 3 heteroatoms. The Morgan fingerprint density at radius 2 is 2.00 bits per heavy atom. The van der Waals surface area contributed by atoms with Gasteiger partial charge in [-0.25, -0.2) is 0 Å². The summed E-state index contributed by atoms with van der Waals surface area (Å²) < 4.78 is 0. The van der Waals surface area contributed by atoms with Crippen LogP contribution < -0.4 is 5.73 Å². The molecule has 0 aromatic heterocycles. The van der Waals surface area contributed by atoms with Gasteiger partial charge in [-0.1, -0.05) is 19.9 Å². The van der Waals surface area contributed by atoms with Gasteiger partial charge >= 0.3 is 0 Å². The average molecular weight is 195 g/mol. The number of hydrogen-bond acceptors (Lipinski definition) is 3. The van der Waals surface area contributed by atoms with Crippen molar-refractivity contribution in [2.45, 2.75) is 26.4 Å². The maximum Gasteiger partial charge on any atom is 0.117 e. The molecule has 1 aromatic carbocycles. The number of anilines is 1. The van der Waals surface area contributed by atoms with Gasteiger partial charge in [-0.05, 0) is 18.4 Å². The minimum absolute atomic E-state index is 0.128. The molecule has 3 nitrogen and oxygen atoms in total. The summed E-state index contributed by atoms with van der Waals surface area (Å²) in [7, 11) is 0. The monoisotopic (exact) mass is 195 g/mol. The van der Waals surface area contributed by atoms with E-state index in [-0.39, 0.29) is 5.75 Å². The van der Waals surface area contributed by atoms with Crippen molar-refractivity contribution in [2.24, 2.45) is 5.92 Å². The summed E-state index contributed by atoms with van der Waals surface area (Å²) >= 11 is 0. The first kappa shape index (κ1) is 10.9. The minimum Gasteiger partial charge on any atom is -0.508 e. The Hall–Kier alpha value is -1.22. The van der Waals surface area contributed by atoms with Crippen LogP contribution in [0.15, 0.2) is 18.2 Å². The highest BCUT2D eigenvalue weighted by atomic mass is 16.3. The van der Waals surface area contributed by atoms with Crippen LogP contribution >= 0.6 is 0 Å². The van der Waals surface area contributed by atoms with Crippen molar-refractivity contribution >= 4 is 5.69 Å². The maximum atomic E-state index is 9.80. The molecule has 4 N–H and O–H groups in total. The second-order valence-electron chi connectivity index (χ2n) is 3.96. The molecule has 0 spiro atoms. The highest BCUT2D eigenvalue weighted by Gasteiger charge is 2.12. The van der Waals surface area contributed by atoms with Crippen LogP contribution in [-0.4, -0.2) is 10.2 Å². The van der Waals surface area contributed by atoms with Crippen molar-refractivity contribution in [2.75, 3.05) is 5.73 Å². The Morgan fingerprint density at radius 3 is 2.50 bits per heavy atom. The Balaban J connectivity index is 2.84. The Kier molecular flexibility index (Phi) is 3.36. The third-order valence-electron chi connectivity index (χ3n) is 2.12. The van der Waals surface area contributed by atoms with Crippen LogP contribution in [0.2, 0.25) is 0 Å². The molecule has 1 unspecified atom stereocenters. The third-order valence-corrected chi connectivity index (χ3v) is 2.12. The molecule has 78 valence electrons. The fourth-order valence-corrected chi connectivity index (χ4v) is 1.44. The highest BCUT2D eigenvalue weighted by Crippen LogP contribution is 2.28. The van der Waals surface area contributed by atoms with E-state index in [0.29, 0.717) is 23.6 Å². The van der Waals surface area contributed by atoms with Gasteiger partial charge in [0.1, 0.15) is 5.75 Å². The minimum atomic E-state index is -0.546. The lowest BCUT2D eigenvalue weighted by atomic mass is 9.98. The van der Waals surface area contributed by atoms with Crippen LogP contribution in [0.1, 0.15) is 31.9 Å². The molecule has 14 heavy (non-hydrogen) atoms. The van der Waals surface area contributed by atoms with Crippen LogP contribution in [0.3, 0.4) is 0 Å². The van der Waals surface area contributed by atoms with E-state index >= 15 is 0 Å². The molecule has 0 saturated carbocycles. The summed E-state index contributed by atoms with van der Waals surface area (Å²) in [6.45, 7) is 4.08. The molecule has 0 aliphatic carbocycles. The normalized spacial score (nSPS) is 13.1. The van der Waals surface area contributed by atoms with E-state index in [1.807, 2.05) is 13.8 Å². The van der Waals surface area contributed by atoms with Crippen molar-refractivity contribution in [3.05, 3.63) is 23.8 Å². The first-order valence-corrected chi connectivity index (χ1v) is 4.77. The molecule has 0 saturated heterocycles. The third kappa shape index (κ3) is 2.64. The van der Waals surface area contributed by atoms with Crippen molar-refractivity contribution < 1.29 is 10.2 Å². The molecular formula is C11H17NO2. The molecule has 0 fully saturated rings. The zero-order valence-corrected chi connectivity index (χ0v) is 8.57. The van der Waals surface area contributed by atoms with Crippen molar-refractivity contribution in [1.82, 2.24) is 0 Å². The summed E-state index contributed by atoms with van der Waals surface area (Å²) in [6.07, 6.45) is 0.130. The van der Waals surface area contributed by atoms with Gasteiger partial charge in [-0.2, -0.15) is 0 Å². The van der Waals surface area contributed by atoms with Gasteiger partial charge in [-0.15, -0.1) is 0 Å².